The minimum absolute atomic E-state index is 0.148. The van der Waals surface area contributed by atoms with Crippen LogP contribution < -0.4 is 5.43 Å². The maximum absolute atomic E-state index is 11.1. The van der Waals surface area contributed by atoms with E-state index in [1.807, 2.05) is 5.43 Å². The van der Waals surface area contributed by atoms with Crippen molar-refractivity contribution in [3.63, 3.8) is 0 Å². The highest BCUT2D eigenvalue weighted by atomic mass is 16.9. The van der Waals surface area contributed by atoms with E-state index in [0.29, 0.717) is 0 Å². The molecule has 1 amide bonds. The molecule has 0 spiro atoms. The van der Waals surface area contributed by atoms with Crippen molar-refractivity contribution in [3.8, 4) is 0 Å². The van der Waals surface area contributed by atoms with Crippen molar-refractivity contribution in [1.82, 2.24) is 20.7 Å². The molecule has 1 fully saturated rings. The van der Waals surface area contributed by atoms with E-state index in [0.717, 1.165) is 0 Å². The van der Waals surface area contributed by atoms with Crippen LogP contribution in [0.1, 0.15) is 11.9 Å². The minimum Gasteiger partial charge on any atom is -0.346 e. The zero-order valence-electron chi connectivity index (χ0n) is 6.71. The normalized spacial score (nSPS) is 21.0. The SMILES string of the molecule is O=C1NN([N+](=O)[O-])OC1c1ncc[nH]1. The molecule has 0 saturated carbocycles. The van der Waals surface area contributed by atoms with E-state index >= 15 is 0 Å². The molecule has 74 valence electrons. The Hall–Kier alpha value is -2.16. The summed E-state index contributed by atoms with van der Waals surface area (Å²) in [5.41, 5.74) is 1.90. The highest BCUT2D eigenvalue weighted by Gasteiger charge is 2.40. The van der Waals surface area contributed by atoms with E-state index in [1.165, 1.54) is 12.4 Å². The van der Waals surface area contributed by atoms with E-state index in [1.54, 1.807) is 0 Å². The standard InChI is InChI=1S/C5H5N5O4/c11-5-3(4-6-1-2-7-4)14-9(8-5)10(12)13/h1-3H,(H,6,7)(H,8,11). The molecule has 2 N–H and O–H groups in total. The maximum atomic E-state index is 11.1. The zero-order chi connectivity index (χ0) is 10.1. The van der Waals surface area contributed by atoms with Crippen molar-refractivity contribution in [3.05, 3.63) is 28.3 Å². The van der Waals surface area contributed by atoms with Gasteiger partial charge in [-0.25, -0.2) is 15.1 Å². The molecule has 9 heteroatoms. The molecule has 1 aromatic rings. The Labute approximate surface area is 76.7 Å². The van der Waals surface area contributed by atoms with Crippen molar-refractivity contribution in [2.45, 2.75) is 6.10 Å². The summed E-state index contributed by atoms with van der Waals surface area (Å²) < 4.78 is 0. The fourth-order valence-electron chi connectivity index (χ4n) is 1.00. The lowest BCUT2D eigenvalue weighted by atomic mass is 10.3. The second kappa shape index (κ2) is 2.96. The first-order chi connectivity index (χ1) is 6.68. The number of amides is 1. The topological polar surface area (TPSA) is 113 Å². The highest BCUT2D eigenvalue weighted by molar-refractivity contribution is 5.81. The summed E-state index contributed by atoms with van der Waals surface area (Å²) in [6.07, 6.45) is 1.80. The van der Waals surface area contributed by atoms with Crippen LogP contribution in [0.15, 0.2) is 12.4 Å². The number of carbonyl (C=O) groups is 1. The number of nitro groups is 1. The van der Waals surface area contributed by atoms with Gasteiger partial charge in [-0.1, -0.05) is 0 Å². The molecule has 2 heterocycles. The Bertz CT molecular complexity index is 362. The molecule has 1 saturated heterocycles. The largest absolute Gasteiger partial charge is 0.346 e. The summed E-state index contributed by atoms with van der Waals surface area (Å²) in [4.78, 5) is 32.4. The van der Waals surface area contributed by atoms with Gasteiger partial charge in [-0.05, 0) is 0 Å². The van der Waals surface area contributed by atoms with Gasteiger partial charge in [0.2, 0.25) is 11.1 Å². The molecule has 1 aliphatic heterocycles. The van der Waals surface area contributed by atoms with E-state index in [9.17, 15) is 14.9 Å². The van der Waals surface area contributed by atoms with Gasteiger partial charge in [-0.2, -0.15) is 10.3 Å². The molecular formula is C5H5N5O4. The molecule has 14 heavy (non-hydrogen) atoms. The van der Waals surface area contributed by atoms with Gasteiger partial charge in [-0.15, -0.1) is 0 Å². The second-order valence-electron chi connectivity index (χ2n) is 2.45. The number of hydrazine groups is 2. The Morgan fingerprint density at radius 3 is 3.00 bits per heavy atom. The van der Waals surface area contributed by atoms with Crippen LogP contribution in [0.2, 0.25) is 0 Å². The first-order valence-electron chi connectivity index (χ1n) is 3.59. The highest BCUT2D eigenvalue weighted by Crippen LogP contribution is 2.19. The molecule has 1 aliphatic rings. The molecule has 0 aliphatic carbocycles. The molecule has 1 aromatic heterocycles. The minimum atomic E-state index is -1.10. The number of nitrogens with one attached hydrogen (secondary N) is 2. The maximum Gasteiger partial charge on any atom is 0.284 e. The quantitative estimate of drug-likeness (QED) is 0.462. The van der Waals surface area contributed by atoms with E-state index < -0.39 is 17.0 Å². The fourth-order valence-corrected chi connectivity index (χ4v) is 1.00. The Kier molecular flexibility index (Phi) is 1.78. The zero-order valence-corrected chi connectivity index (χ0v) is 6.71. The molecule has 0 bridgehead atoms. The van der Waals surface area contributed by atoms with Crippen LogP contribution in [0.4, 0.5) is 0 Å². The average molecular weight is 199 g/mol. The average Bonchev–Trinajstić information content (AvgIpc) is 2.71. The van der Waals surface area contributed by atoms with Gasteiger partial charge in [0.15, 0.2) is 0 Å². The number of hydrogen-bond donors (Lipinski definition) is 2. The third kappa shape index (κ3) is 1.25. The Morgan fingerprint density at radius 2 is 2.50 bits per heavy atom. The van der Waals surface area contributed by atoms with Crippen LogP contribution in [-0.4, -0.2) is 26.2 Å². The molecule has 9 nitrogen and oxygen atoms in total. The van der Waals surface area contributed by atoms with Crippen LogP contribution in [-0.2, 0) is 9.63 Å². The van der Waals surface area contributed by atoms with Gasteiger partial charge in [0.05, 0.1) is 0 Å². The summed E-state index contributed by atoms with van der Waals surface area (Å²) in [5, 5.41) is 9.48. The van der Waals surface area contributed by atoms with Crippen LogP contribution in [0.25, 0.3) is 0 Å². The van der Waals surface area contributed by atoms with Gasteiger partial charge in [-0.3, -0.25) is 4.79 Å². The predicted octanol–water partition coefficient (Wildman–Crippen LogP) is -1.08. The summed E-state index contributed by atoms with van der Waals surface area (Å²) >= 11 is 0. The molecule has 0 radical (unpaired) electrons. The van der Waals surface area contributed by atoms with E-state index in [4.69, 9.17) is 0 Å². The number of aromatic nitrogens is 2. The third-order valence-electron chi connectivity index (χ3n) is 1.57. The first kappa shape index (κ1) is 8.44. The molecule has 2 rings (SSSR count). The number of carbonyl (C=O) groups excluding carboxylic acids is 1. The summed E-state index contributed by atoms with van der Waals surface area (Å²) in [6, 6.07) is 0. The number of hydrogen-bond acceptors (Lipinski definition) is 5. The number of imidazole rings is 1. The lowest BCUT2D eigenvalue weighted by Crippen LogP contribution is -2.36. The Balaban J connectivity index is 2.16. The molecular weight excluding hydrogens is 194 g/mol. The van der Waals surface area contributed by atoms with Gasteiger partial charge >= 0.3 is 0 Å². The number of nitrogens with zero attached hydrogens (tertiary/aromatic N) is 3. The van der Waals surface area contributed by atoms with Crippen molar-refractivity contribution in [2.75, 3.05) is 0 Å². The van der Waals surface area contributed by atoms with Crippen molar-refractivity contribution in [1.29, 1.82) is 0 Å². The van der Waals surface area contributed by atoms with Crippen molar-refractivity contribution >= 4 is 5.91 Å². The summed E-state index contributed by atoms with van der Waals surface area (Å²) in [5.74, 6) is -0.427. The van der Waals surface area contributed by atoms with Gasteiger partial charge in [0, 0.05) is 12.4 Å². The number of aromatic amines is 1. The van der Waals surface area contributed by atoms with Crippen LogP contribution >= 0.6 is 0 Å². The monoisotopic (exact) mass is 199 g/mol. The number of rotatable bonds is 2. The molecule has 1 unspecified atom stereocenters. The van der Waals surface area contributed by atoms with Crippen molar-refractivity contribution in [2.24, 2.45) is 0 Å². The van der Waals surface area contributed by atoms with E-state index in [2.05, 4.69) is 14.8 Å². The fraction of sp³-hybridized carbons (Fsp3) is 0.200. The van der Waals surface area contributed by atoms with Crippen LogP contribution in [0.5, 0.6) is 0 Å². The van der Waals surface area contributed by atoms with E-state index in [-0.39, 0.29) is 11.1 Å². The predicted molar refractivity (Wildman–Crippen MR) is 39.4 cm³/mol. The summed E-state index contributed by atoms with van der Waals surface area (Å²) in [6.45, 7) is 0. The van der Waals surface area contributed by atoms with Gasteiger partial charge in [0.1, 0.15) is 11.1 Å². The first-order valence-corrected chi connectivity index (χ1v) is 3.59. The van der Waals surface area contributed by atoms with Crippen molar-refractivity contribution < 1.29 is 14.7 Å². The third-order valence-corrected chi connectivity index (χ3v) is 1.57. The lowest BCUT2D eigenvalue weighted by molar-refractivity contribution is -0.741. The smallest absolute Gasteiger partial charge is 0.284 e. The van der Waals surface area contributed by atoms with Gasteiger partial charge < -0.3 is 4.98 Å². The molecule has 1 atom stereocenters. The summed E-state index contributed by atoms with van der Waals surface area (Å²) in [7, 11) is 0. The second-order valence-corrected chi connectivity index (χ2v) is 2.45. The Morgan fingerprint density at radius 1 is 1.71 bits per heavy atom. The number of H-pyrrole nitrogens is 1. The lowest BCUT2D eigenvalue weighted by Gasteiger charge is -2.02. The van der Waals surface area contributed by atoms with Crippen LogP contribution in [0, 0.1) is 10.1 Å². The van der Waals surface area contributed by atoms with Gasteiger partial charge in [0.25, 0.3) is 5.91 Å². The molecule has 0 aromatic carbocycles. The van der Waals surface area contributed by atoms with Crippen LogP contribution in [0.3, 0.4) is 0 Å².